The van der Waals surface area contributed by atoms with Gasteiger partial charge in [0.15, 0.2) is 11.5 Å². The Morgan fingerprint density at radius 2 is 2.12 bits per heavy atom. The van der Waals surface area contributed by atoms with Crippen LogP contribution in [0.25, 0.3) is 6.08 Å². The lowest BCUT2D eigenvalue weighted by Crippen LogP contribution is -1.97. The van der Waals surface area contributed by atoms with Gasteiger partial charge < -0.3 is 9.47 Å². The number of fused-ring (bicyclic) bond motifs is 1. The maximum absolute atomic E-state index is 10.6. The molecule has 1 aromatic carbocycles. The first kappa shape index (κ1) is 12.2. The molecule has 17 heavy (non-hydrogen) atoms. The summed E-state index contributed by atoms with van der Waals surface area (Å²) < 4.78 is 12.1. The van der Waals surface area contributed by atoms with Crippen molar-refractivity contribution in [2.45, 2.75) is 13.3 Å². The van der Waals surface area contributed by atoms with E-state index in [-0.39, 0.29) is 0 Å². The van der Waals surface area contributed by atoms with Crippen molar-refractivity contribution in [1.82, 2.24) is 0 Å². The third-order valence-electron chi connectivity index (χ3n) is 2.40. The highest BCUT2D eigenvalue weighted by Gasteiger charge is 2.14. The fraction of sp³-hybridized carbons (Fsp3) is 0.308. The van der Waals surface area contributed by atoms with Crippen LogP contribution in [0.3, 0.4) is 0 Å². The number of hydrogen-bond acceptors (Lipinski definition) is 3. The molecule has 0 saturated heterocycles. The predicted molar refractivity (Wildman–Crippen MR) is 69.5 cm³/mol. The van der Waals surface area contributed by atoms with Crippen LogP contribution in [-0.4, -0.2) is 19.5 Å². The number of rotatable bonds is 2. The zero-order valence-electron chi connectivity index (χ0n) is 9.53. The van der Waals surface area contributed by atoms with Crippen LogP contribution in [0.15, 0.2) is 22.2 Å². The van der Waals surface area contributed by atoms with Crippen LogP contribution >= 0.6 is 15.9 Å². The molecule has 0 N–H and O–H groups in total. The van der Waals surface area contributed by atoms with Gasteiger partial charge >= 0.3 is 0 Å². The topological polar surface area (TPSA) is 35.5 Å². The van der Waals surface area contributed by atoms with Gasteiger partial charge in [0.1, 0.15) is 6.29 Å². The zero-order chi connectivity index (χ0) is 12.3. The van der Waals surface area contributed by atoms with E-state index < -0.39 is 0 Å². The molecule has 0 spiro atoms. The van der Waals surface area contributed by atoms with Crippen LogP contribution in [0.4, 0.5) is 0 Å². The van der Waals surface area contributed by atoms with Crippen LogP contribution < -0.4 is 9.47 Å². The second kappa shape index (κ2) is 5.36. The Bertz CT molecular complexity index is 466. The SMILES string of the molecule is CC(C=O)=Cc1cc(Br)c2c(c1)OCCCO2. The highest BCUT2D eigenvalue weighted by molar-refractivity contribution is 9.10. The van der Waals surface area contributed by atoms with E-state index >= 15 is 0 Å². The van der Waals surface area contributed by atoms with Crippen molar-refractivity contribution in [3.63, 3.8) is 0 Å². The van der Waals surface area contributed by atoms with Crippen LogP contribution in [-0.2, 0) is 4.79 Å². The molecule has 0 fully saturated rings. The summed E-state index contributed by atoms with van der Waals surface area (Å²) in [5.74, 6) is 1.46. The molecule has 0 atom stereocenters. The fourth-order valence-corrected chi connectivity index (χ4v) is 2.21. The molecule has 2 rings (SSSR count). The molecule has 0 aromatic heterocycles. The molecule has 0 aliphatic carbocycles. The Hall–Kier alpha value is -1.29. The van der Waals surface area contributed by atoms with Crippen LogP contribution in [0, 0.1) is 0 Å². The summed E-state index contributed by atoms with van der Waals surface area (Å²) in [4.78, 5) is 10.6. The standard InChI is InChI=1S/C13H13BrO3/c1-9(8-15)5-10-6-11(14)13-12(7-10)16-3-2-4-17-13/h5-8H,2-4H2,1H3. The van der Waals surface area contributed by atoms with Crippen LogP contribution in [0.5, 0.6) is 11.5 Å². The number of carbonyl (C=O) groups excluding carboxylic acids is 1. The summed E-state index contributed by atoms with van der Waals surface area (Å²) in [7, 11) is 0. The van der Waals surface area contributed by atoms with E-state index in [1.165, 1.54) is 0 Å². The quantitative estimate of drug-likeness (QED) is 0.621. The van der Waals surface area contributed by atoms with E-state index in [0.29, 0.717) is 18.8 Å². The Kier molecular flexibility index (Phi) is 3.84. The summed E-state index contributed by atoms with van der Waals surface area (Å²) in [5, 5.41) is 0. The average molecular weight is 297 g/mol. The smallest absolute Gasteiger partial charge is 0.175 e. The molecule has 0 radical (unpaired) electrons. The first-order valence-corrected chi connectivity index (χ1v) is 6.22. The Morgan fingerprint density at radius 3 is 2.88 bits per heavy atom. The molecule has 90 valence electrons. The lowest BCUT2D eigenvalue weighted by Gasteiger charge is -2.10. The van der Waals surface area contributed by atoms with Gasteiger partial charge in [-0.2, -0.15) is 0 Å². The van der Waals surface area contributed by atoms with Gasteiger partial charge in [0.25, 0.3) is 0 Å². The van der Waals surface area contributed by atoms with Crippen molar-refractivity contribution in [2.75, 3.05) is 13.2 Å². The van der Waals surface area contributed by atoms with Gasteiger partial charge in [0.2, 0.25) is 0 Å². The number of halogens is 1. The monoisotopic (exact) mass is 296 g/mol. The molecule has 0 saturated carbocycles. The average Bonchev–Trinajstić information content (AvgIpc) is 2.54. The van der Waals surface area contributed by atoms with Gasteiger partial charge in [-0.1, -0.05) is 0 Å². The molecular formula is C13H13BrO3. The van der Waals surface area contributed by atoms with Gasteiger partial charge in [-0.15, -0.1) is 0 Å². The molecule has 1 aliphatic heterocycles. The van der Waals surface area contributed by atoms with Crippen molar-refractivity contribution >= 4 is 28.3 Å². The van der Waals surface area contributed by atoms with Crippen molar-refractivity contribution < 1.29 is 14.3 Å². The lowest BCUT2D eigenvalue weighted by molar-refractivity contribution is -0.104. The summed E-state index contributed by atoms with van der Waals surface area (Å²) >= 11 is 3.46. The van der Waals surface area contributed by atoms with Crippen molar-refractivity contribution in [2.24, 2.45) is 0 Å². The molecule has 3 nitrogen and oxygen atoms in total. The number of carbonyl (C=O) groups is 1. The zero-order valence-corrected chi connectivity index (χ0v) is 11.1. The predicted octanol–water partition coefficient (Wildman–Crippen LogP) is 3.21. The molecule has 4 heteroatoms. The maximum Gasteiger partial charge on any atom is 0.175 e. The molecule has 0 unspecified atom stereocenters. The Balaban J connectivity index is 2.42. The molecule has 0 bridgehead atoms. The van der Waals surface area contributed by atoms with Gasteiger partial charge in [0, 0.05) is 6.42 Å². The van der Waals surface area contributed by atoms with E-state index in [2.05, 4.69) is 15.9 Å². The highest BCUT2D eigenvalue weighted by atomic mass is 79.9. The Morgan fingerprint density at radius 1 is 1.35 bits per heavy atom. The minimum absolute atomic E-state index is 0.652. The summed E-state index contributed by atoms with van der Waals surface area (Å²) in [6, 6.07) is 3.80. The largest absolute Gasteiger partial charge is 0.489 e. The van der Waals surface area contributed by atoms with Crippen molar-refractivity contribution in [1.29, 1.82) is 0 Å². The van der Waals surface area contributed by atoms with E-state index in [1.807, 2.05) is 18.2 Å². The van der Waals surface area contributed by atoms with E-state index in [4.69, 9.17) is 9.47 Å². The molecule has 1 heterocycles. The van der Waals surface area contributed by atoms with Gasteiger partial charge in [-0.25, -0.2) is 0 Å². The lowest BCUT2D eigenvalue weighted by atomic mass is 10.1. The van der Waals surface area contributed by atoms with E-state index in [1.54, 1.807) is 6.92 Å². The van der Waals surface area contributed by atoms with Gasteiger partial charge in [-0.3, -0.25) is 4.79 Å². The van der Waals surface area contributed by atoms with Gasteiger partial charge in [0.05, 0.1) is 17.7 Å². The van der Waals surface area contributed by atoms with E-state index in [0.717, 1.165) is 34.2 Å². The van der Waals surface area contributed by atoms with Crippen LogP contribution in [0.2, 0.25) is 0 Å². The second-order valence-electron chi connectivity index (χ2n) is 3.89. The second-order valence-corrected chi connectivity index (χ2v) is 4.74. The molecule has 0 amide bonds. The summed E-state index contributed by atoms with van der Waals surface area (Å²) in [6.07, 6.45) is 3.52. The fourth-order valence-electron chi connectivity index (χ4n) is 1.63. The number of ether oxygens (including phenoxy) is 2. The normalized spacial score (nSPS) is 15.3. The van der Waals surface area contributed by atoms with E-state index in [9.17, 15) is 4.79 Å². The summed E-state index contributed by atoms with van der Waals surface area (Å²) in [6.45, 7) is 3.08. The molecule has 1 aromatic rings. The van der Waals surface area contributed by atoms with Crippen molar-refractivity contribution in [3.05, 3.63) is 27.7 Å². The van der Waals surface area contributed by atoms with Gasteiger partial charge in [-0.05, 0) is 52.2 Å². The first-order valence-electron chi connectivity index (χ1n) is 5.43. The number of hydrogen-bond donors (Lipinski definition) is 0. The molecular weight excluding hydrogens is 284 g/mol. The third-order valence-corrected chi connectivity index (χ3v) is 2.99. The number of benzene rings is 1. The molecule has 1 aliphatic rings. The highest BCUT2D eigenvalue weighted by Crippen LogP contribution is 2.38. The van der Waals surface area contributed by atoms with Crippen molar-refractivity contribution in [3.8, 4) is 11.5 Å². The maximum atomic E-state index is 10.6. The minimum Gasteiger partial charge on any atom is -0.489 e. The van der Waals surface area contributed by atoms with Crippen LogP contribution in [0.1, 0.15) is 18.9 Å². The Labute approximate surface area is 109 Å². The first-order chi connectivity index (χ1) is 8.20. The minimum atomic E-state index is 0.652. The number of allylic oxidation sites excluding steroid dienone is 1. The summed E-state index contributed by atoms with van der Waals surface area (Å²) in [5.41, 5.74) is 1.59. The number of aldehydes is 1. The third kappa shape index (κ3) is 2.88.